The van der Waals surface area contributed by atoms with Gasteiger partial charge in [-0.2, -0.15) is 5.10 Å². The Morgan fingerprint density at radius 1 is 1.26 bits per heavy atom. The number of hydrogen-bond acceptors (Lipinski definition) is 4. The van der Waals surface area contributed by atoms with Crippen molar-refractivity contribution in [2.24, 2.45) is 5.10 Å². The normalized spacial score (nSPS) is 10.6. The molecule has 0 atom stereocenters. The molecule has 4 nitrogen and oxygen atoms in total. The summed E-state index contributed by atoms with van der Waals surface area (Å²) in [6.07, 6.45) is 1.60. The topological polar surface area (TPSA) is 50.7 Å². The Labute approximate surface area is 115 Å². The second-order valence-electron chi connectivity index (χ2n) is 3.88. The summed E-state index contributed by atoms with van der Waals surface area (Å²) in [5, 5.41) is 3.92. The molecule has 1 aromatic carbocycles. The van der Waals surface area contributed by atoms with Crippen LogP contribution in [0.15, 0.2) is 41.5 Å². The Hall–Kier alpha value is -2.14. The molecular formula is C14H14N2O2S. The highest BCUT2D eigenvalue weighted by Crippen LogP contribution is 2.14. The largest absolute Gasteiger partial charge is 0.497 e. The summed E-state index contributed by atoms with van der Waals surface area (Å²) in [6, 6.07) is 11.1. The average molecular weight is 274 g/mol. The molecule has 2 aromatic rings. The fourth-order valence-electron chi connectivity index (χ4n) is 1.47. The average Bonchev–Trinajstić information content (AvgIpc) is 2.86. The molecule has 19 heavy (non-hydrogen) atoms. The maximum atomic E-state index is 11.7. The van der Waals surface area contributed by atoms with E-state index in [1.807, 2.05) is 37.3 Å². The number of aryl methyl sites for hydroxylation is 1. The smallest absolute Gasteiger partial charge is 0.281 e. The lowest BCUT2D eigenvalue weighted by molar-refractivity contribution is 0.0959. The van der Waals surface area contributed by atoms with E-state index >= 15 is 0 Å². The monoisotopic (exact) mass is 274 g/mol. The lowest BCUT2D eigenvalue weighted by atomic mass is 10.2. The van der Waals surface area contributed by atoms with E-state index in [0.29, 0.717) is 4.88 Å². The molecule has 0 radical (unpaired) electrons. The van der Waals surface area contributed by atoms with Crippen LogP contribution in [0.4, 0.5) is 0 Å². The maximum absolute atomic E-state index is 11.7. The molecule has 0 aliphatic carbocycles. The standard InChI is InChI=1S/C14H14N2O2S/c1-10-3-8-13(19-10)14(17)16-15-9-11-4-6-12(18-2)7-5-11/h3-9H,1-2H3,(H,16,17). The molecule has 2 rings (SSSR count). The summed E-state index contributed by atoms with van der Waals surface area (Å²) >= 11 is 1.44. The van der Waals surface area contributed by atoms with E-state index < -0.39 is 0 Å². The number of carbonyl (C=O) groups excluding carboxylic acids is 1. The van der Waals surface area contributed by atoms with Gasteiger partial charge in [0.2, 0.25) is 0 Å². The van der Waals surface area contributed by atoms with Crippen molar-refractivity contribution in [3.8, 4) is 5.75 Å². The molecule has 0 bridgehead atoms. The minimum atomic E-state index is -0.192. The van der Waals surface area contributed by atoms with Crippen LogP contribution in [-0.2, 0) is 0 Å². The molecule has 5 heteroatoms. The van der Waals surface area contributed by atoms with Crippen molar-refractivity contribution in [3.05, 3.63) is 51.7 Å². The van der Waals surface area contributed by atoms with Crippen LogP contribution in [0, 0.1) is 6.92 Å². The zero-order valence-electron chi connectivity index (χ0n) is 10.7. The fraction of sp³-hybridized carbons (Fsp3) is 0.143. The Morgan fingerprint density at radius 2 is 2.00 bits per heavy atom. The first-order valence-electron chi connectivity index (χ1n) is 5.73. The molecule has 1 N–H and O–H groups in total. The highest BCUT2D eigenvalue weighted by molar-refractivity contribution is 7.13. The van der Waals surface area contributed by atoms with Crippen molar-refractivity contribution in [1.82, 2.24) is 5.43 Å². The van der Waals surface area contributed by atoms with Gasteiger partial charge in [0.05, 0.1) is 18.2 Å². The van der Waals surface area contributed by atoms with E-state index in [1.165, 1.54) is 11.3 Å². The summed E-state index contributed by atoms with van der Waals surface area (Å²) < 4.78 is 5.06. The molecule has 0 fully saturated rings. The van der Waals surface area contributed by atoms with E-state index in [0.717, 1.165) is 16.2 Å². The third-order valence-electron chi connectivity index (χ3n) is 2.46. The van der Waals surface area contributed by atoms with Crippen molar-refractivity contribution in [3.63, 3.8) is 0 Å². The van der Waals surface area contributed by atoms with Crippen molar-refractivity contribution in [2.45, 2.75) is 6.92 Å². The fourth-order valence-corrected chi connectivity index (χ4v) is 2.22. The number of amides is 1. The van der Waals surface area contributed by atoms with Crippen LogP contribution in [0.3, 0.4) is 0 Å². The van der Waals surface area contributed by atoms with Crippen LogP contribution in [0.1, 0.15) is 20.1 Å². The van der Waals surface area contributed by atoms with Gasteiger partial charge in [-0.05, 0) is 48.9 Å². The Morgan fingerprint density at radius 3 is 2.58 bits per heavy atom. The van der Waals surface area contributed by atoms with Gasteiger partial charge in [-0.25, -0.2) is 5.43 Å². The number of rotatable bonds is 4. The number of methoxy groups -OCH3 is 1. The van der Waals surface area contributed by atoms with Gasteiger partial charge in [-0.15, -0.1) is 11.3 Å². The van der Waals surface area contributed by atoms with E-state index in [2.05, 4.69) is 10.5 Å². The van der Waals surface area contributed by atoms with E-state index in [4.69, 9.17) is 4.74 Å². The van der Waals surface area contributed by atoms with Gasteiger partial charge >= 0.3 is 0 Å². The van der Waals surface area contributed by atoms with Crippen LogP contribution < -0.4 is 10.2 Å². The third-order valence-corrected chi connectivity index (χ3v) is 3.46. The zero-order valence-corrected chi connectivity index (χ0v) is 11.5. The first-order valence-corrected chi connectivity index (χ1v) is 6.54. The number of thiophene rings is 1. The number of nitrogens with zero attached hydrogens (tertiary/aromatic N) is 1. The van der Waals surface area contributed by atoms with Gasteiger partial charge in [0.1, 0.15) is 5.75 Å². The predicted molar refractivity (Wildman–Crippen MR) is 77.1 cm³/mol. The predicted octanol–water partition coefficient (Wildman–Crippen LogP) is 2.83. The number of carbonyl (C=O) groups is 1. The van der Waals surface area contributed by atoms with Gasteiger partial charge in [-0.3, -0.25) is 4.79 Å². The van der Waals surface area contributed by atoms with E-state index in [-0.39, 0.29) is 5.91 Å². The van der Waals surface area contributed by atoms with Crippen molar-refractivity contribution in [2.75, 3.05) is 7.11 Å². The van der Waals surface area contributed by atoms with E-state index in [1.54, 1.807) is 19.4 Å². The molecule has 0 unspecified atom stereocenters. The number of benzene rings is 1. The minimum absolute atomic E-state index is 0.192. The summed E-state index contributed by atoms with van der Waals surface area (Å²) in [6.45, 7) is 1.96. The number of ether oxygens (including phenoxy) is 1. The highest BCUT2D eigenvalue weighted by Gasteiger charge is 2.05. The number of hydrogen-bond donors (Lipinski definition) is 1. The molecule has 98 valence electrons. The van der Waals surface area contributed by atoms with Gasteiger partial charge in [0.25, 0.3) is 5.91 Å². The molecule has 1 aromatic heterocycles. The summed E-state index contributed by atoms with van der Waals surface area (Å²) in [7, 11) is 1.62. The number of nitrogens with one attached hydrogen (secondary N) is 1. The molecule has 1 amide bonds. The Balaban J connectivity index is 1.94. The van der Waals surface area contributed by atoms with Gasteiger partial charge < -0.3 is 4.74 Å². The maximum Gasteiger partial charge on any atom is 0.281 e. The van der Waals surface area contributed by atoms with Gasteiger partial charge in [0.15, 0.2) is 0 Å². The van der Waals surface area contributed by atoms with Crippen LogP contribution >= 0.6 is 11.3 Å². The van der Waals surface area contributed by atoms with Crippen LogP contribution in [0.2, 0.25) is 0 Å². The van der Waals surface area contributed by atoms with Gasteiger partial charge in [-0.1, -0.05) is 0 Å². The van der Waals surface area contributed by atoms with Gasteiger partial charge in [0, 0.05) is 4.88 Å². The van der Waals surface area contributed by atoms with Crippen molar-refractivity contribution in [1.29, 1.82) is 0 Å². The van der Waals surface area contributed by atoms with E-state index in [9.17, 15) is 4.79 Å². The minimum Gasteiger partial charge on any atom is -0.497 e. The second kappa shape index (κ2) is 6.15. The molecule has 0 spiro atoms. The molecule has 0 aliphatic rings. The molecule has 1 heterocycles. The third kappa shape index (κ3) is 3.66. The quantitative estimate of drug-likeness (QED) is 0.688. The van der Waals surface area contributed by atoms with Crippen LogP contribution in [-0.4, -0.2) is 19.2 Å². The molecular weight excluding hydrogens is 260 g/mol. The SMILES string of the molecule is COc1ccc(C=NNC(=O)c2ccc(C)s2)cc1. The Bertz CT molecular complexity index is 588. The molecule has 0 saturated heterocycles. The first kappa shape index (κ1) is 13.3. The first-order chi connectivity index (χ1) is 9.19. The van der Waals surface area contributed by atoms with Crippen molar-refractivity contribution < 1.29 is 9.53 Å². The van der Waals surface area contributed by atoms with Crippen LogP contribution in [0.25, 0.3) is 0 Å². The van der Waals surface area contributed by atoms with Crippen molar-refractivity contribution >= 4 is 23.5 Å². The summed E-state index contributed by atoms with van der Waals surface area (Å²) in [5.74, 6) is 0.595. The molecule has 0 saturated carbocycles. The molecule has 0 aliphatic heterocycles. The lowest BCUT2D eigenvalue weighted by Gasteiger charge is -1.99. The lowest BCUT2D eigenvalue weighted by Crippen LogP contribution is -2.16. The summed E-state index contributed by atoms with van der Waals surface area (Å²) in [4.78, 5) is 13.5. The zero-order chi connectivity index (χ0) is 13.7. The highest BCUT2D eigenvalue weighted by atomic mass is 32.1. The second-order valence-corrected chi connectivity index (χ2v) is 5.17. The van der Waals surface area contributed by atoms with Crippen LogP contribution in [0.5, 0.6) is 5.75 Å². The Kier molecular flexibility index (Phi) is 4.30. The number of hydrazone groups is 1. The summed E-state index contributed by atoms with van der Waals surface area (Å²) in [5.41, 5.74) is 3.39.